The molecule has 0 N–H and O–H groups in total. The van der Waals surface area contributed by atoms with Gasteiger partial charge in [0.1, 0.15) is 0 Å². The van der Waals surface area contributed by atoms with Gasteiger partial charge in [-0.15, -0.1) is 0 Å². The molecular weight excluding hydrogens is 120 g/mol. The van der Waals surface area contributed by atoms with E-state index in [1.54, 1.807) is 12.8 Å². The summed E-state index contributed by atoms with van der Waals surface area (Å²) in [6, 6.07) is 0. The summed E-state index contributed by atoms with van der Waals surface area (Å²) in [6.45, 7) is 4.73. The molecule has 0 bridgehead atoms. The van der Waals surface area contributed by atoms with Gasteiger partial charge < -0.3 is 0 Å². The number of hydrogen-bond acceptors (Lipinski definition) is 0. The van der Waals surface area contributed by atoms with Gasteiger partial charge in [0.05, 0.1) is 0 Å². The summed E-state index contributed by atoms with van der Waals surface area (Å²) in [4.78, 5) is 0. The number of rotatable bonds is 2. The van der Waals surface area contributed by atoms with Gasteiger partial charge in [0, 0.05) is 0 Å². The molecule has 0 radical (unpaired) electrons. The zero-order valence-corrected chi connectivity index (χ0v) is 7.14. The van der Waals surface area contributed by atoms with E-state index in [0.717, 1.165) is 17.8 Å². The van der Waals surface area contributed by atoms with Crippen molar-refractivity contribution in [3.8, 4) is 0 Å². The minimum atomic E-state index is 1.08. The minimum absolute atomic E-state index is 1.08. The molecule has 2 rings (SSSR count). The topological polar surface area (TPSA) is 0 Å². The molecule has 2 fully saturated rings. The molecule has 2 saturated carbocycles. The summed E-state index contributed by atoms with van der Waals surface area (Å²) in [7, 11) is 0. The summed E-state index contributed by atoms with van der Waals surface area (Å²) in [5, 5.41) is 0. The van der Waals surface area contributed by atoms with Crippen molar-refractivity contribution in [1.29, 1.82) is 0 Å². The van der Waals surface area contributed by atoms with Crippen molar-refractivity contribution in [2.75, 3.05) is 0 Å². The molecule has 0 aliphatic heterocycles. The predicted molar refractivity (Wildman–Crippen MR) is 43.8 cm³/mol. The molecule has 0 aromatic heterocycles. The second-order valence-corrected chi connectivity index (χ2v) is 4.33. The maximum Gasteiger partial charge on any atom is -0.0352 e. The highest BCUT2D eigenvalue weighted by Crippen LogP contribution is 2.58. The Morgan fingerprint density at radius 2 is 2.00 bits per heavy atom. The van der Waals surface area contributed by atoms with Gasteiger partial charge in [-0.2, -0.15) is 0 Å². The maximum absolute atomic E-state index is 2.42. The highest BCUT2D eigenvalue weighted by molar-refractivity contribution is 4.99. The second-order valence-electron chi connectivity index (χ2n) is 4.33. The lowest BCUT2D eigenvalue weighted by Gasteiger charge is -2.58. The van der Waals surface area contributed by atoms with Crippen LogP contribution in [0.4, 0.5) is 0 Å². The molecule has 10 heavy (non-hydrogen) atoms. The Balaban J connectivity index is 1.78. The van der Waals surface area contributed by atoms with Crippen molar-refractivity contribution in [1.82, 2.24) is 0 Å². The minimum Gasteiger partial charge on any atom is -0.0654 e. The fraction of sp³-hybridized carbons (Fsp3) is 1.00. The first-order valence-corrected chi connectivity index (χ1v) is 4.83. The molecule has 2 aliphatic rings. The first kappa shape index (κ1) is 6.69. The molecule has 0 aromatic carbocycles. The van der Waals surface area contributed by atoms with E-state index >= 15 is 0 Å². The number of fused-ring (bicyclic) bond motifs is 1. The summed E-state index contributed by atoms with van der Waals surface area (Å²) in [5.41, 5.74) is 0. The summed E-state index contributed by atoms with van der Waals surface area (Å²) < 4.78 is 0. The Morgan fingerprint density at radius 3 is 2.40 bits per heavy atom. The van der Waals surface area contributed by atoms with Gasteiger partial charge in [-0.1, -0.05) is 26.7 Å². The Kier molecular flexibility index (Phi) is 1.51. The van der Waals surface area contributed by atoms with Gasteiger partial charge in [0.2, 0.25) is 0 Å². The molecule has 0 saturated heterocycles. The van der Waals surface area contributed by atoms with E-state index in [1.165, 1.54) is 18.8 Å². The van der Waals surface area contributed by atoms with E-state index in [2.05, 4.69) is 13.8 Å². The van der Waals surface area contributed by atoms with Crippen LogP contribution >= 0.6 is 0 Å². The molecule has 58 valence electrons. The van der Waals surface area contributed by atoms with Crippen molar-refractivity contribution in [3.05, 3.63) is 0 Å². The lowest BCUT2D eigenvalue weighted by atomic mass is 9.48. The van der Waals surface area contributed by atoms with Crippen molar-refractivity contribution in [2.45, 2.75) is 39.5 Å². The Labute approximate surface area is 64.0 Å². The first-order valence-electron chi connectivity index (χ1n) is 4.83. The third-order valence-corrected chi connectivity index (χ3v) is 3.76. The smallest absolute Gasteiger partial charge is 0.0352 e. The highest BCUT2D eigenvalue weighted by Gasteiger charge is 2.50. The maximum atomic E-state index is 2.42. The Hall–Kier alpha value is 0. The third kappa shape index (κ3) is 0.741. The van der Waals surface area contributed by atoms with E-state index in [9.17, 15) is 0 Å². The Morgan fingerprint density at radius 1 is 1.20 bits per heavy atom. The van der Waals surface area contributed by atoms with Crippen molar-refractivity contribution in [3.63, 3.8) is 0 Å². The summed E-state index contributed by atoms with van der Waals surface area (Å²) in [6.07, 6.45) is 6.03. The molecule has 0 spiro atoms. The van der Waals surface area contributed by atoms with Gasteiger partial charge >= 0.3 is 0 Å². The van der Waals surface area contributed by atoms with Crippen LogP contribution in [0.5, 0.6) is 0 Å². The molecule has 0 aromatic rings. The van der Waals surface area contributed by atoms with E-state index in [-0.39, 0.29) is 0 Å². The highest BCUT2D eigenvalue weighted by atomic mass is 14.6. The fourth-order valence-corrected chi connectivity index (χ4v) is 2.99. The van der Waals surface area contributed by atoms with Crippen LogP contribution in [0.25, 0.3) is 0 Å². The summed E-state index contributed by atoms with van der Waals surface area (Å²) >= 11 is 0. The van der Waals surface area contributed by atoms with Gasteiger partial charge in [-0.25, -0.2) is 0 Å². The van der Waals surface area contributed by atoms with Crippen LogP contribution in [0.1, 0.15) is 39.5 Å². The van der Waals surface area contributed by atoms with Crippen LogP contribution in [0.2, 0.25) is 0 Å². The first-order chi connectivity index (χ1) is 4.83. The second kappa shape index (κ2) is 2.25. The van der Waals surface area contributed by atoms with E-state index in [0.29, 0.717) is 0 Å². The molecule has 2 aliphatic carbocycles. The molecule has 0 heterocycles. The van der Waals surface area contributed by atoms with Crippen LogP contribution in [-0.4, -0.2) is 0 Å². The van der Waals surface area contributed by atoms with E-state index in [1.807, 2.05) is 0 Å². The van der Waals surface area contributed by atoms with Crippen LogP contribution < -0.4 is 0 Å². The summed E-state index contributed by atoms with van der Waals surface area (Å²) in [5.74, 6) is 4.57. The number of hydrogen-bond donors (Lipinski definition) is 0. The van der Waals surface area contributed by atoms with Gasteiger partial charge in [0.25, 0.3) is 0 Å². The molecule has 0 nitrogen and oxygen atoms in total. The van der Waals surface area contributed by atoms with Gasteiger partial charge in [-0.05, 0) is 36.5 Å². The van der Waals surface area contributed by atoms with E-state index < -0.39 is 0 Å². The average Bonchev–Trinajstić information content (AvgIpc) is 1.92. The third-order valence-electron chi connectivity index (χ3n) is 3.76. The Bertz CT molecular complexity index is 126. The van der Waals surface area contributed by atoms with Crippen molar-refractivity contribution >= 4 is 0 Å². The van der Waals surface area contributed by atoms with Crippen LogP contribution in [-0.2, 0) is 0 Å². The zero-order chi connectivity index (χ0) is 7.14. The SMILES string of the molecule is CCCC1CC2C(C)CC12. The monoisotopic (exact) mass is 138 g/mol. The van der Waals surface area contributed by atoms with Gasteiger partial charge in [0.15, 0.2) is 0 Å². The average molecular weight is 138 g/mol. The largest absolute Gasteiger partial charge is 0.0654 e. The lowest BCUT2D eigenvalue weighted by molar-refractivity contribution is -0.0822. The fourth-order valence-electron chi connectivity index (χ4n) is 2.99. The van der Waals surface area contributed by atoms with E-state index in [4.69, 9.17) is 0 Å². The van der Waals surface area contributed by atoms with Crippen molar-refractivity contribution < 1.29 is 0 Å². The molecule has 4 unspecified atom stereocenters. The predicted octanol–water partition coefficient (Wildman–Crippen LogP) is 3.08. The molecule has 0 amide bonds. The van der Waals surface area contributed by atoms with Crippen molar-refractivity contribution in [2.24, 2.45) is 23.7 Å². The molecule has 4 atom stereocenters. The lowest BCUT2D eigenvalue weighted by Crippen LogP contribution is -2.50. The van der Waals surface area contributed by atoms with Gasteiger partial charge in [-0.3, -0.25) is 0 Å². The van der Waals surface area contributed by atoms with Crippen LogP contribution in [0, 0.1) is 23.7 Å². The molecule has 0 heteroatoms. The molecular formula is C10H18. The van der Waals surface area contributed by atoms with Crippen LogP contribution in [0.15, 0.2) is 0 Å². The standard InChI is InChI=1S/C10H18/c1-3-4-8-6-9-7(2)5-10(8)9/h7-10H,3-6H2,1-2H3. The normalized spacial score (nSPS) is 51.0. The van der Waals surface area contributed by atoms with Crippen LogP contribution in [0.3, 0.4) is 0 Å². The quantitative estimate of drug-likeness (QED) is 0.550. The zero-order valence-electron chi connectivity index (χ0n) is 7.14.